The number of hydrogen-bond donors (Lipinski definition) is 1. The highest BCUT2D eigenvalue weighted by Gasteiger charge is 2.42. The average molecular weight is 913 g/mol. The van der Waals surface area contributed by atoms with Gasteiger partial charge in [-0.1, -0.05) is 151 Å². The summed E-state index contributed by atoms with van der Waals surface area (Å²) in [4.78, 5) is 2.70. The van der Waals surface area contributed by atoms with Crippen LogP contribution in [0.3, 0.4) is 0 Å². The Bertz CT molecular complexity index is 3210. The minimum Gasteiger partial charge on any atom is -0.455 e. The maximum atomic E-state index is 7.15. The Kier molecular flexibility index (Phi) is 10.6. The molecule has 1 N–H and O–H groups in total. The molecule has 356 valence electrons. The largest absolute Gasteiger partial charge is 0.455 e. The number of anilines is 5. The summed E-state index contributed by atoms with van der Waals surface area (Å²) in [6, 6.07) is 38.4. The fourth-order valence-corrected chi connectivity index (χ4v) is 13.3. The highest BCUT2D eigenvalue weighted by atomic mass is 16.3. The molecule has 0 amide bonds. The third-order valence-electron chi connectivity index (χ3n) is 18.3. The molecule has 0 atom stereocenters. The van der Waals surface area contributed by atoms with Crippen LogP contribution in [0.15, 0.2) is 101 Å². The van der Waals surface area contributed by atoms with Crippen molar-refractivity contribution in [2.75, 3.05) is 10.2 Å². The second kappa shape index (κ2) is 15.9. The van der Waals surface area contributed by atoms with Crippen molar-refractivity contribution in [2.24, 2.45) is 0 Å². The van der Waals surface area contributed by atoms with E-state index in [0.29, 0.717) is 0 Å². The molecule has 0 radical (unpaired) electrons. The predicted octanol–water partition coefficient (Wildman–Crippen LogP) is 16.9. The van der Waals surface area contributed by atoms with Gasteiger partial charge < -0.3 is 14.6 Å². The smallest absolute Gasteiger partial charge is 0.198 e. The fraction of sp³-hybridized carbons (Fsp3) is 0.446. The van der Waals surface area contributed by atoms with E-state index < -0.39 is 0 Å². The Labute approximate surface area is 415 Å². The van der Waals surface area contributed by atoms with E-state index in [4.69, 9.17) is 4.42 Å². The molecule has 69 heavy (non-hydrogen) atoms. The first-order chi connectivity index (χ1) is 32.6. The first-order valence-corrected chi connectivity index (χ1v) is 26.7. The van der Waals surface area contributed by atoms with Crippen LogP contribution in [0.25, 0.3) is 33.1 Å². The Balaban J connectivity index is 1.20. The van der Waals surface area contributed by atoms with Crippen molar-refractivity contribution >= 4 is 68.6 Å². The SMILES string of the molecule is CCCCCc1cc(-c2c(Nc3ccc4c(c3)C(C)(C)CCC4(C)C)ccc3c2oc2ccccc23)c2c(c1)N(c1ccc3c(c1)C(C)(C)CCC3(C)C)c1cc3c(cc1B2)C(C)(C)CCC3(C)C. The standard InChI is InChI=1S/C65H77BN2O/c1-14-15-16-19-40-34-45(57-53(27-24-44-43-20-17-18-21-56(43)69-59(44)57)67-41-22-25-46-48(36-41)62(6,7)30-28-60(46,2)3)58-55(35-40)68(42-23-26-47-49(37-42)63(8,9)31-29-61(47,4)5)54-39-51-50(38-52(54)66-58)64(10,11)32-33-65(51,12)13/h17-18,20-27,34-39,66-67H,14-16,19,28-33H2,1-13H3. The molecule has 0 fully saturated rings. The van der Waals surface area contributed by atoms with Crippen LogP contribution >= 0.6 is 0 Å². The molecule has 7 aromatic rings. The molecule has 0 saturated heterocycles. The fourth-order valence-electron chi connectivity index (χ4n) is 13.3. The average Bonchev–Trinajstić information content (AvgIpc) is 3.68. The van der Waals surface area contributed by atoms with Gasteiger partial charge in [-0.3, -0.25) is 0 Å². The number of unbranched alkanes of at least 4 members (excludes halogenated alkanes) is 2. The van der Waals surface area contributed by atoms with E-state index in [-0.39, 0.29) is 32.5 Å². The molecule has 3 nitrogen and oxygen atoms in total. The molecule has 1 aromatic heterocycles. The van der Waals surface area contributed by atoms with E-state index in [1.165, 1.54) is 124 Å². The number of aryl methyl sites for hydroxylation is 1. The Morgan fingerprint density at radius 2 is 1.12 bits per heavy atom. The summed E-state index contributed by atoms with van der Waals surface area (Å²) >= 11 is 0. The van der Waals surface area contributed by atoms with Crippen LogP contribution < -0.4 is 21.1 Å². The van der Waals surface area contributed by atoms with Gasteiger partial charge in [0.1, 0.15) is 11.2 Å². The second-order valence-corrected chi connectivity index (χ2v) is 26.0. The summed E-state index contributed by atoms with van der Waals surface area (Å²) in [5.74, 6) is 0. The summed E-state index contributed by atoms with van der Waals surface area (Å²) < 4.78 is 7.15. The van der Waals surface area contributed by atoms with Crippen molar-refractivity contribution in [2.45, 2.75) is 187 Å². The van der Waals surface area contributed by atoms with E-state index in [2.05, 4.69) is 197 Å². The molecular weight excluding hydrogens is 836 g/mol. The number of nitrogens with one attached hydrogen (secondary N) is 1. The normalized spacial score (nSPS) is 19.8. The zero-order chi connectivity index (χ0) is 48.6. The van der Waals surface area contributed by atoms with Crippen molar-refractivity contribution in [3.63, 3.8) is 0 Å². The molecule has 0 bridgehead atoms. The third-order valence-corrected chi connectivity index (χ3v) is 18.3. The van der Waals surface area contributed by atoms with E-state index in [1.54, 1.807) is 0 Å². The van der Waals surface area contributed by atoms with Crippen molar-refractivity contribution in [1.82, 2.24) is 0 Å². The second-order valence-electron chi connectivity index (χ2n) is 26.0. The molecule has 3 aliphatic carbocycles. The summed E-state index contributed by atoms with van der Waals surface area (Å²) in [7, 11) is 0.844. The van der Waals surface area contributed by atoms with Gasteiger partial charge in [0.15, 0.2) is 7.28 Å². The summed E-state index contributed by atoms with van der Waals surface area (Å²) in [5.41, 5.74) is 24.2. The highest BCUT2D eigenvalue weighted by Crippen LogP contribution is 2.53. The van der Waals surface area contributed by atoms with Crippen molar-refractivity contribution in [3.8, 4) is 11.1 Å². The summed E-state index contributed by atoms with van der Waals surface area (Å²) in [6.07, 6.45) is 11.7. The molecular formula is C65H77BN2O. The van der Waals surface area contributed by atoms with Crippen LogP contribution in [0, 0.1) is 0 Å². The number of hydrogen-bond acceptors (Lipinski definition) is 3. The maximum Gasteiger partial charge on any atom is 0.198 e. The van der Waals surface area contributed by atoms with Gasteiger partial charge in [-0.25, -0.2) is 0 Å². The van der Waals surface area contributed by atoms with Gasteiger partial charge in [-0.05, 0) is 188 Å². The Hall–Kier alpha value is -5.22. The summed E-state index contributed by atoms with van der Waals surface area (Å²) in [6.45, 7) is 31.8. The molecule has 4 aliphatic rings. The lowest BCUT2D eigenvalue weighted by Crippen LogP contribution is -2.44. The van der Waals surface area contributed by atoms with Crippen LogP contribution in [0.4, 0.5) is 28.4 Å². The lowest BCUT2D eigenvalue weighted by atomic mass is 9.55. The lowest BCUT2D eigenvalue weighted by molar-refractivity contribution is 0.332. The van der Waals surface area contributed by atoms with Gasteiger partial charge in [0.05, 0.1) is 5.69 Å². The minimum absolute atomic E-state index is 0.0799. The molecule has 1 aliphatic heterocycles. The maximum absolute atomic E-state index is 7.15. The van der Waals surface area contributed by atoms with Crippen LogP contribution in [0.5, 0.6) is 0 Å². The molecule has 11 rings (SSSR count). The minimum atomic E-state index is 0.0799. The van der Waals surface area contributed by atoms with Gasteiger partial charge in [0.25, 0.3) is 0 Å². The zero-order valence-corrected chi connectivity index (χ0v) is 44.4. The molecule has 4 heteroatoms. The van der Waals surface area contributed by atoms with Crippen LogP contribution in [-0.2, 0) is 38.9 Å². The molecule has 0 unspecified atom stereocenters. The van der Waals surface area contributed by atoms with Gasteiger partial charge in [0, 0.05) is 39.1 Å². The zero-order valence-electron chi connectivity index (χ0n) is 44.4. The number of fused-ring (bicyclic) bond motifs is 8. The van der Waals surface area contributed by atoms with E-state index in [0.717, 1.165) is 59.0 Å². The quantitative estimate of drug-likeness (QED) is 0.122. The van der Waals surface area contributed by atoms with E-state index in [9.17, 15) is 0 Å². The highest BCUT2D eigenvalue weighted by molar-refractivity contribution is 6.73. The van der Waals surface area contributed by atoms with Gasteiger partial charge in [-0.2, -0.15) is 0 Å². The van der Waals surface area contributed by atoms with E-state index >= 15 is 0 Å². The molecule has 6 aromatic carbocycles. The first kappa shape index (κ1) is 46.2. The van der Waals surface area contributed by atoms with Crippen LogP contribution in [0.1, 0.15) is 187 Å². The predicted molar refractivity (Wildman–Crippen MR) is 299 cm³/mol. The molecule has 0 spiro atoms. The number of para-hydroxylation sites is 1. The van der Waals surface area contributed by atoms with E-state index in [1.807, 2.05) is 0 Å². The number of nitrogens with zero attached hydrogens (tertiary/aromatic N) is 1. The molecule has 2 heterocycles. The Morgan fingerprint density at radius 3 is 1.77 bits per heavy atom. The van der Waals surface area contributed by atoms with Gasteiger partial charge in [-0.15, -0.1) is 0 Å². The van der Waals surface area contributed by atoms with Crippen molar-refractivity contribution < 1.29 is 4.42 Å². The van der Waals surface area contributed by atoms with Gasteiger partial charge in [0.2, 0.25) is 0 Å². The topological polar surface area (TPSA) is 28.4 Å². The van der Waals surface area contributed by atoms with Crippen molar-refractivity contribution in [3.05, 3.63) is 136 Å². The van der Waals surface area contributed by atoms with Crippen LogP contribution in [0.2, 0.25) is 0 Å². The van der Waals surface area contributed by atoms with Crippen molar-refractivity contribution in [1.29, 1.82) is 0 Å². The van der Waals surface area contributed by atoms with Gasteiger partial charge >= 0.3 is 0 Å². The lowest BCUT2D eigenvalue weighted by Gasteiger charge is -2.45. The number of rotatable bonds is 8. The Morgan fingerprint density at radius 1 is 0.536 bits per heavy atom. The number of furan rings is 1. The monoisotopic (exact) mass is 913 g/mol. The van der Waals surface area contributed by atoms with Crippen LogP contribution in [-0.4, -0.2) is 7.28 Å². The first-order valence-electron chi connectivity index (χ1n) is 26.7. The summed E-state index contributed by atoms with van der Waals surface area (Å²) in [5, 5.41) is 6.42. The molecule has 0 saturated carbocycles. The third kappa shape index (κ3) is 7.59. The number of benzene rings is 6.